The van der Waals surface area contributed by atoms with Crippen molar-refractivity contribution >= 4 is 39.6 Å². The Bertz CT molecular complexity index is 1500. The van der Waals surface area contributed by atoms with E-state index in [1.165, 1.54) is 7.11 Å². The zero-order valence-corrected chi connectivity index (χ0v) is 18.1. The van der Waals surface area contributed by atoms with Crippen LogP contribution in [0.5, 0.6) is 11.5 Å². The number of carbonyl (C=O) groups excluding carboxylic acids is 1. The highest BCUT2D eigenvalue weighted by atomic mass is 16.5. The van der Waals surface area contributed by atoms with E-state index in [1.54, 1.807) is 29.9 Å². The van der Waals surface area contributed by atoms with E-state index in [0.29, 0.717) is 39.4 Å². The number of aromatic nitrogens is 3. The summed E-state index contributed by atoms with van der Waals surface area (Å²) >= 11 is 0. The zero-order chi connectivity index (χ0) is 22.9. The molecule has 2 heterocycles. The molecule has 2 aromatic heterocycles. The quantitative estimate of drug-likeness (QED) is 0.420. The van der Waals surface area contributed by atoms with Gasteiger partial charge in [0, 0.05) is 17.4 Å². The number of anilines is 2. The monoisotopic (exact) mass is 439 g/mol. The summed E-state index contributed by atoms with van der Waals surface area (Å²) in [5, 5.41) is 2.89. The molecule has 0 saturated heterocycles. The predicted molar refractivity (Wildman–Crippen MR) is 128 cm³/mol. The summed E-state index contributed by atoms with van der Waals surface area (Å²) in [7, 11) is 3.09. The van der Waals surface area contributed by atoms with Crippen LogP contribution in [0.4, 0.5) is 11.5 Å². The molecule has 0 radical (unpaired) electrons. The number of para-hydroxylation sites is 3. The second-order valence-electron chi connectivity index (χ2n) is 7.34. The van der Waals surface area contributed by atoms with Crippen LogP contribution < -0.4 is 20.5 Å². The standard InChI is InChI=1S/C25H21N5O3/c1-32-19-13-12-15(14-20(19)33-2)27-25(31)21-22-24(29-18-11-7-6-10-17(18)28-22)30(23(21)26)16-8-4-3-5-9-16/h3-14H,26H2,1-2H3,(H,27,31). The van der Waals surface area contributed by atoms with Crippen LogP contribution in [-0.4, -0.2) is 34.7 Å². The van der Waals surface area contributed by atoms with E-state index < -0.39 is 5.91 Å². The molecule has 164 valence electrons. The van der Waals surface area contributed by atoms with Crippen molar-refractivity contribution in [2.45, 2.75) is 0 Å². The molecule has 5 rings (SSSR count). The van der Waals surface area contributed by atoms with Gasteiger partial charge >= 0.3 is 0 Å². The maximum Gasteiger partial charge on any atom is 0.261 e. The number of nitrogens with two attached hydrogens (primary N) is 1. The summed E-state index contributed by atoms with van der Waals surface area (Å²) in [4.78, 5) is 23.0. The van der Waals surface area contributed by atoms with E-state index in [4.69, 9.17) is 25.2 Å². The molecular formula is C25H21N5O3. The van der Waals surface area contributed by atoms with Gasteiger partial charge in [0.25, 0.3) is 5.91 Å². The fourth-order valence-electron chi connectivity index (χ4n) is 3.83. The second-order valence-corrected chi connectivity index (χ2v) is 7.34. The highest BCUT2D eigenvalue weighted by molar-refractivity contribution is 6.16. The third-order valence-electron chi connectivity index (χ3n) is 5.38. The van der Waals surface area contributed by atoms with Crippen molar-refractivity contribution in [1.29, 1.82) is 0 Å². The number of amides is 1. The van der Waals surface area contributed by atoms with Crippen molar-refractivity contribution in [3.63, 3.8) is 0 Å². The molecule has 0 saturated carbocycles. The molecule has 8 heteroatoms. The molecule has 0 aliphatic carbocycles. The molecule has 3 aromatic carbocycles. The zero-order valence-electron chi connectivity index (χ0n) is 18.1. The molecule has 5 aromatic rings. The van der Waals surface area contributed by atoms with E-state index in [2.05, 4.69) is 5.32 Å². The SMILES string of the molecule is COc1ccc(NC(=O)c2c(N)n(-c3ccccc3)c3nc4ccccc4nc23)cc1OC. The summed E-state index contributed by atoms with van der Waals surface area (Å²) in [5.74, 6) is 0.919. The van der Waals surface area contributed by atoms with Crippen LogP contribution in [0.25, 0.3) is 27.9 Å². The number of ether oxygens (including phenoxy) is 2. The van der Waals surface area contributed by atoms with Gasteiger partial charge in [-0.1, -0.05) is 30.3 Å². The summed E-state index contributed by atoms with van der Waals surface area (Å²) in [6.07, 6.45) is 0. The van der Waals surface area contributed by atoms with Gasteiger partial charge in [0.2, 0.25) is 0 Å². The van der Waals surface area contributed by atoms with Crippen molar-refractivity contribution in [3.05, 3.63) is 78.4 Å². The largest absolute Gasteiger partial charge is 0.493 e. The van der Waals surface area contributed by atoms with E-state index in [1.807, 2.05) is 54.6 Å². The Balaban J connectivity index is 1.68. The summed E-state index contributed by atoms with van der Waals surface area (Å²) in [6, 6.07) is 22.2. The van der Waals surface area contributed by atoms with Crippen LogP contribution in [0, 0.1) is 0 Å². The Morgan fingerprint density at radius 1 is 0.879 bits per heavy atom. The van der Waals surface area contributed by atoms with Gasteiger partial charge in [0.1, 0.15) is 16.9 Å². The smallest absolute Gasteiger partial charge is 0.261 e. The maximum atomic E-state index is 13.4. The van der Waals surface area contributed by atoms with Crippen molar-refractivity contribution in [3.8, 4) is 17.2 Å². The van der Waals surface area contributed by atoms with Crippen LogP contribution >= 0.6 is 0 Å². The predicted octanol–water partition coefficient (Wildman–Crippen LogP) is 4.43. The minimum absolute atomic E-state index is 0.252. The normalized spacial score (nSPS) is 11.0. The Kier molecular flexibility index (Phi) is 5.02. The summed E-state index contributed by atoms with van der Waals surface area (Å²) in [6.45, 7) is 0. The number of nitrogens with one attached hydrogen (secondary N) is 1. The van der Waals surface area contributed by atoms with Crippen molar-refractivity contribution in [2.75, 3.05) is 25.3 Å². The molecular weight excluding hydrogens is 418 g/mol. The number of hydrogen-bond donors (Lipinski definition) is 2. The lowest BCUT2D eigenvalue weighted by Crippen LogP contribution is -2.14. The van der Waals surface area contributed by atoms with Gasteiger partial charge in [-0.25, -0.2) is 9.97 Å². The van der Waals surface area contributed by atoms with Crippen molar-refractivity contribution in [2.24, 2.45) is 0 Å². The first-order chi connectivity index (χ1) is 16.1. The summed E-state index contributed by atoms with van der Waals surface area (Å²) < 4.78 is 12.4. The van der Waals surface area contributed by atoms with Crippen LogP contribution in [0.3, 0.4) is 0 Å². The van der Waals surface area contributed by atoms with Gasteiger partial charge in [-0.3, -0.25) is 9.36 Å². The average Bonchev–Trinajstić information content (AvgIpc) is 3.13. The third kappa shape index (κ3) is 3.47. The molecule has 1 amide bonds. The average molecular weight is 439 g/mol. The number of fused-ring (bicyclic) bond motifs is 2. The maximum absolute atomic E-state index is 13.4. The van der Waals surface area contributed by atoms with E-state index in [-0.39, 0.29) is 11.4 Å². The molecule has 0 spiro atoms. The number of rotatable bonds is 5. The second kappa shape index (κ2) is 8.16. The number of benzene rings is 3. The molecule has 0 atom stereocenters. The topological polar surface area (TPSA) is 104 Å². The minimum Gasteiger partial charge on any atom is -0.493 e. The lowest BCUT2D eigenvalue weighted by Gasteiger charge is -2.11. The van der Waals surface area contributed by atoms with Crippen LogP contribution in [-0.2, 0) is 0 Å². The van der Waals surface area contributed by atoms with E-state index in [9.17, 15) is 4.79 Å². The molecule has 3 N–H and O–H groups in total. The number of nitrogen functional groups attached to an aromatic ring is 1. The van der Waals surface area contributed by atoms with Crippen LogP contribution in [0.2, 0.25) is 0 Å². The minimum atomic E-state index is -0.399. The van der Waals surface area contributed by atoms with Gasteiger partial charge in [-0.05, 0) is 36.4 Å². The Morgan fingerprint density at radius 3 is 2.24 bits per heavy atom. The van der Waals surface area contributed by atoms with E-state index in [0.717, 1.165) is 5.69 Å². The Labute approximate surface area is 189 Å². The van der Waals surface area contributed by atoms with E-state index >= 15 is 0 Å². The number of carbonyl (C=O) groups is 1. The fraction of sp³-hybridized carbons (Fsp3) is 0.0800. The van der Waals surface area contributed by atoms with Crippen molar-refractivity contribution in [1.82, 2.24) is 14.5 Å². The molecule has 8 nitrogen and oxygen atoms in total. The third-order valence-corrected chi connectivity index (χ3v) is 5.38. The molecule has 0 bridgehead atoms. The molecule has 0 aliphatic heterocycles. The van der Waals surface area contributed by atoms with Crippen LogP contribution in [0.15, 0.2) is 72.8 Å². The summed E-state index contributed by atoms with van der Waals surface area (Å²) in [5.41, 5.74) is 10.4. The number of nitrogens with zero attached hydrogens (tertiary/aromatic N) is 3. The highest BCUT2D eigenvalue weighted by Crippen LogP contribution is 2.33. The van der Waals surface area contributed by atoms with Gasteiger partial charge in [-0.15, -0.1) is 0 Å². The lowest BCUT2D eigenvalue weighted by atomic mass is 10.2. The first kappa shape index (κ1) is 20.3. The number of hydrogen-bond acceptors (Lipinski definition) is 6. The van der Waals surface area contributed by atoms with Gasteiger partial charge in [0.15, 0.2) is 17.1 Å². The fourth-order valence-corrected chi connectivity index (χ4v) is 3.83. The Hall–Kier alpha value is -4.59. The number of methoxy groups -OCH3 is 2. The van der Waals surface area contributed by atoms with Crippen LogP contribution in [0.1, 0.15) is 10.4 Å². The first-order valence-electron chi connectivity index (χ1n) is 10.3. The van der Waals surface area contributed by atoms with Gasteiger partial charge < -0.3 is 20.5 Å². The highest BCUT2D eigenvalue weighted by Gasteiger charge is 2.25. The Morgan fingerprint density at radius 2 is 1.55 bits per heavy atom. The van der Waals surface area contributed by atoms with Gasteiger partial charge in [0.05, 0.1) is 25.3 Å². The first-order valence-corrected chi connectivity index (χ1v) is 10.3. The lowest BCUT2D eigenvalue weighted by molar-refractivity contribution is 0.102. The molecule has 0 unspecified atom stereocenters. The van der Waals surface area contributed by atoms with Gasteiger partial charge in [-0.2, -0.15) is 0 Å². The molecule has 0 fully saturated rings. The molecule has 0 aliphatic rings. The molecule has 33 heavy (non-hydrogen) atoms. The van der Waals surface area contributed by atoms with Crippen molar-refractivity contribution < 1.29 is 14.3 Å².